The van der Waals surface area contributed by atoms with E-state index >= 15 is 0 Å². The normalized spacial score (nSPS) is 9.80. The molecule has 1 N–H and O–H groups in total. The summed E-state index contributed by atoms with van der Waals surface area (Å²) in [6.45, 7) is -0.465. The monoisotopic (exact) mass is 272 g/mol. The van der Waals surface area contributed by atoms with Gasteiger partial charge in [-0.1, -0.05) is 18.2 Å². The minimum absolute atomic E-state index is 0.0528. The number of hydrogen-bond donors (Lipinski definition) is 1. The van der Waals surface area contributed by atoms with Crippen molar-refractivity contribution >= 4 is 11.9 Å². The summed E-state index contributed by atoms with van der Waals surface area (Å²) in [6, 6.07) is 14.0. The van der Waals surface area contributed by atoms with Crippen LogP contribution in [-0.2, 0) is 9.47 Å². The molecule has 2 rings (SSSR count). The maximum atomic E-state index is 11.6. The second kappa shape index (κ2) is 6.38. The number of benzene rings is 2. The van der Waals surface area contributed by atoms with Gasteiger partial charge in [-0.15, -0.1) is 0 Å². The molecule has 0 unspecified atom stereocenters. The van der Waals surface area contributed by atoms with Gasteiger partial charge >= 0.3 is 11.9 Å². The van der Waals surface area contributed by atoms with Crippen LogP contribution in [0.2, 0.25) is 0 Å². The fraction of sp³-hybridized carbons (Fsp3) is 0.0667. The Morgan fingerprint density at radius 1 is 0.800 bits per heavy atom. The highest BCUT2D eigenvalue weighted by atomic mass is 16.7. The summed E-state index contributed by atoms with van der Waals surface area (Å²) >= 11 is 0. The van der Waals surface area contributed by atoms with Gasteiger partial charge in [0.1, 0.15) is 5.75 Å². The molecule has 102 valence electrons. The van der Waals surface area contributed by atoms with Gasteiger partial charge in [0, 0.05) is 0 Å². The molecule has 0 aliphatic carbocycles. The minimum atomic E-state index is -0.633. The van der Waals surface area contributed by atoms with Crippen molar-refractivity contribution in [2.24, 2.45) is 0 Å². The van der Waals surface area contributed by atoms with E-state index in [0.29, 0.717) is 5.56 Å². The molecule has 20 heavy (non-hydrogen) atoms. The van der Waals surface area contributed by atoms with Crippen LogP contribution in [-0.4, -0.2) is 23.8 Å². The largest absolute Gasteiger partial charge is 0.508 e. The lowest BCUT2D eigenvalue weighted by atomic mass is 10.2. The first-order chi connectivity index (χ1) is 9.66. The molecular formula is C15H12O5. The van der Waals surface area contributed by atoms with Gasteiger partial charge in [0.05, 0.1) is 11.1 Å². The number of esters is 2. The van der Waals surface area contributed by atoms with Crippen LogP contribution in [0.3, 0.4) is 0 Å². The molecule has 5 nitrogen and oxygen atoms in total. The van der Waals surface area contributed by atoms with Crippen LogP contribution < -0.4 is 0 Å². The number of ether oxygens (including phenoxy) is 2. The molecular weight excluding hydrogens is 260 g/mol. The van der Waals surface area contributed by atoms with Crippen LogP contribution in [0.1, 0.15) is 20.7 Å². The molecule has 0 spiro atoms. The van der Waals surface area contributed by atoms with Crippen molar-refractivity contribution in [3.63, 3.8) is 0 Å². The molecule has 0 saturated heterocycles. The van der Waals surface area contributed by atoms with E-state index in [9.17, 15) is 9.59 Å². The van der Waals surface area contributed by atoms with E-state index in [1.165, 1.54) is 24.3 Å². The molecule has 0 aromatic heterocycles. The fourth-order valence-electron chi connectivity index (χ4n) is 1.47. The van der Waals surface area contributed by atoms with Gasteiger partial charge < -0.3 is 14.6 Å². The van der Waals surface area contributed by atoms with Crippen LogP contribution in [0.5, 0.6) is 5.75 Å². The molecule has 2 aromatic rings. The van der Waals surface area contributed by atoms with Crippen LogP contribution in [0.4, 0.5) is 0 Å². The lowest BCUT2D eigenvalue weighted by molar-refractivity contribution is -0.0167. The van der Waals surface area contributed by atoms with E-state index in [0.717, 1.165) is 0 Å². The third kappa shape index (κ3) is 3.58. The summed E-state index contributed by atoms with van der Waals surface area (Å²) < 4.78 is 9.61. The zero-order chi connectivity index (χ0) is 14.4. The number of aromatic hydroxyl groups is 1. The zero-order valence-corrected chi connectivity index (χ0v) is 10.5. The number of phenolic OH excluding ortho intramolecular Hbond substituents is 1. The molecule has 0 aliphatic heterocycles. The Bertz CT molecular complexity index is 589. The third-order valence-electron chi connectivity index (χ3n) is 2.49. The Hall–Kier alpha value is -2.82. The Labute approximate surface area is 115 Å². The average Bonchev–Trinajstić information content (AvgIpc) is 2.48. The molecule has 2 aromatic carbocycles. The number of hydrogen-bond acceptors (Lipinski definition) is 5. The summed E-state index contributed by atoms with van der Waals surface area (Å²) in [6.07, 6.45) is 0. The molecule has 0 heterocycles. The lowest BCUT2D eigenvalue weighted by Gasteiger charge is -2.06. The van der Waals surface area contributed by atoms with Crippen molar-refractivity contribution in [3.05, 3.63) is 65.7 Å². The van der Waals surface area contributed by atoms with Crippen LogP contribution >= 0.6 is 0 Å². The second-order valence-electron chi connectivity index (χ2n) is 3.89. The Kier molecular flexibility index (Phi) is 4.34. The van der Waals surface area contributed by atoms with Gasteiger partial charge in [-0.25, -0.2) is 9.59 Å². The van der Waals surface area contributed by atoms with Crippen molar-refractivity contribution < 1.29 is 24.2 Å². The van der Waals surface area contributed by atoms with Crippen molar-refractivity contribution in [1.29, 1.82) is 0 Å². The molecule has 0 fully saturated rings. The predicted octanol–water partition coefficient (Wildman–Crippen LogP) is 2.36. The minimum Gasteiger partial charge on any atom is -0.508 e. The fourth-order valence-corrected chi connectivity index (χ4v) is 1.47. The van der Waals surface area contributed by atoms with Crippen LogP contribution in [0.25, 0.3) is 0 Å². The SMILES string of the molecule is O=C(OCOC(=O)c1ccc(O)cc1)c1ccccc1. The highest BCUT2D eigenvalue weighted by molar-refractivity contribution is 5.90. The smallest absolute Gasteiger partial charge is 0.341 e. The van der Waals surface area contributed by atoms with Crippen LogP contribution in [0.15, 0.2) is 54.6 Å². The van der Waals surface area contributed by atoms with Crippen molar-refractivity contribution in [2.45, 2.75) is 0 Å². The first kappa shape index (κ1) is 13.6. The molecule has 0 radical (unpaired) electrons. The van der Waals surface area contributed by atoms with E-state index in [1.807, 2.05) is 0 Å². The Morgan fingerprint density at radius 2 is 1.30 bits per heavy atom. The van der Waals surface area contributed by atoms with E-state index < -0.39 is 18.7 Å². The summed E-state index contributed by atoms with van der Waals surface area (Å²) in [7, 11) is 0. The first-order valence-electron chi connectivity index (χ1n) is 5.85. The van der Waals surface area contributed by atoms with Gasteiger partial charge in [0.25, 0.3) is 0 Å². The number of phenols is 1. The highest BCUT2D eigenvalue weighted by Crippen LogP contribution is 2.10. The lowest BCUT2D eigenvalue weighted by Crippen LogP contribution is -2.13. The van der Waals surface area contributed by atoms with Crippen molar-refractivity contribution in [3.8, 4) is 5.75 Å². The van der Waals surface area contributed by atoms with Crippen LogP contribution in [0, 0.1) is 0 Å². The molecule has 0 aliphatic rings. The third-order valence-corrected chi connectivity index (χ3v) is 2.49. The summed E-state index contributed by atoms with van der Waals surface area (Å²) in [4.78, 5) is 23.1. The maximum Gasteiger partial charge on any atom is 0.341 e. The topological polar surface area (TPSA) is 72.8 Å². The molecule has 0 bridgehead atoms. The Morgan fingerprint density at radius 3 is 1.85 bits per heavy atom. The van der Waals surface area contributed by atoms with Gasteiger partial charge in [-0.3, -0.25) is 0 Å². The highest BCUT2D eigenvalue weighted by Gasteiger charge is 2.10. The molecule has 5 heteroatoms. The summed E-state index contributed by atoms with van der Waals surface area (Å²) in [5.41, 5.74) is 0.645. The molecule has 0 atom stereocenters. The number of rotatable bonds is 4. The second-order valence-corrected chi connectivity index (χ2v) is 3.89. The predicted molar refractivity (Wildman–Crippen MR) is 70.2 cm³/mol. The van der Waals surface area contributed by atoms with E-state index in [-0.39, 0.29) is 11.3 Å². The van der Waals surface area contributed by atoms with Gasteiger partial charge in [0.2, 0.25) is 6.79 Å². The quantitative estimate of drug-likeness (QED) is 0.683. The summed E-state index contributed by atoms with van der Waals surface area (Å²) in [5, 5.41) is 9.09. The number of carbonyl (C=O) groups excluding carboxylic acids is 2. The molecule has 0 amide bonds. The van der Waals surface area contributed by atoms with Crippen molar-refractivity contribution in [2.75, 3.05) is 6.79 Å². The average molecular weight is 272 g/mol. The van der Waals surface area contributed by atoms with E-state index in [1.54, 1.807) is 30.3 Å². The standard InChI is InChI=1S/C15H12O5/c16-13-8-6-12(7-9-13)15(18)20-10-19-14(17)11-4-2-1-3-5-11/h1-9,16H,10H2. The van der Waals surface area contributed by atoms with E-state index in [4.69, 9.17) is 14.6 Å². The van der Waals surface area contributed by atoms with Gasteiger partial charge in [0.15, 0.2) is 0 Å². The van der Waals surface area contributed by atoms with Gasteiger partial charge in [-0.05, 0) is 36.4 Å². The van der Waals surface area contributed by atoms with Gasteiger partial charge in [-0.2, -0.15) is 0 Å². The first-order valence-corrected chi connectivity index (χ1v) is 5.85. The Balaban J connectivity index is 1.83. The van der Waals surface area contributed by atoms with Crippen molar-refractivity contribution in [1.82, 2.24) is 0 Å². The zero-order valence-electron chi connectivity index (χ0n) is 10.5. The summed E-state index contributed by atoms with van der Waals surface area (Å²) in [5.74, 6) is -1.15. The maximum absolute atomic E-state index is 11.6. The van der Waals surface area contributed by atoms with E-state index in [2.05, 4.69) is 0 Å². The molecule has 0 saturated carbocycles. The number of carbonyl (C=O) groups is 2.